The van der Waals surface area contributed by atoms with Crippen molar-refractivity contribution in [1.82, 2.24) is 9.97 Å². The summed E-state index contributed by atoms with van der Waals surface area (Å²) in [6, 6.07) is 61.1. The Kier molecular flexibility index (Phi) is 5.91. The summed E-state index contributed by atoms with van der Waals surface area (Å²) in [5.74, 6) is 0.728. The monoisotopic (exact) mass is 608 g/mol. The predicted molar refractivity (Wildman–Crippen MR) is 203 cm³/mol. The second-order valence-corrected chi connectivity index (χ2v) is 12.6. The molecule has 0 aliphatic heterocycles. The summed E-state index contributed by atoms with van der Waals surface area (Å²) in [6.07, 6.45) is 0. The van der Waals surface area contributed by atoms with E-state index in [0.717, 1.165) is 39.1 Å². The van der Waals surface area contributed by atoms with Gasteiger partial charge in [0.25, 0.3) is 0 Å². The van der Waals surface area contributed by atoms with Crippen LogP contribution in [0.4, 0.5) is 0 Å². The van der Waals surface area contributed by atoms with Crippen LogP contribution in [0.25, 0.3) is 98.5 Å². The minimum atomic E-state index is 0.728. The molecular formula is C46H28N2. The van der Waals surface area contributed by atoms with Gasteiger partial charge >= 0.3 is 0 Å². The fourth-order valence-electron chi connectivity index (χ4n) is 7.40. The summed E-state index contributed by atoms with van der Waals surface area (Å²) < 4.78 is 0. The SMILES string of the molecule is c1ccc(-c2nc(-c3ccc4ccccc4c3)c3ccc(-c4ccc5ccc6ccc7c8ccccc8ccc7c6c5c4)cc3n2)cc1. The lowest BCUT2D eigenvalue weighted by Gasteiger charge is -2.13. The molecule has 0 N–H and O–H groups in total. The predicted octanol–water partition coefficient (Wildman–Crippen LogP) is 12.4. The van der Waals surface area contributed by atoms with E-state index < -0.39 is 0 Å². The van der Waals surface area contributed by atoms with Gasteiger partial charge in [-0.2, -0.15) is 0 Å². The molecule has 0 aliphatic rings. The third-order valence-electron chi connectivity index (χ3n) is 9.81. The van der Waals surface area contributed by atoms with Crippen molar-refractivity contribution in [2.75, 3.05) is 0 Å². The van der Waals surface area contributed by atoms with Crippen LogP contribution in [0.5, 0.6) is 0 Å². The molecule has 48 heavy (non-hydrogen) atoms. The number of hydrogen-bond donors (Lipinski definition) is 0. The van der Waals surface area contributed by atoms with E-state index >= 15 is 0 Å². The van der Waals surface area contributed by atoms with E-state index in [1.54, 1.807) is 0 Å². The first-order valence-corrected chi connectivity index (χ1v) is 16.4. The van der Waals surface area contributed by atoms with Gasteiger partial charge in [0.1, 0.15) is 0 Å². The van der Waals surface area contributed by atoms with Gasteiger partial charge in [-0.1, -0.05) is 146 Å². The topological polar surface area (TPSA) is 25.8 Å². The molecule has 0 fully saturated rings. The van der Waals surface area contributed by atoms with Crippen molar-refractivity contribution >= 4 is 64.8 Å². The highest BCUT2D eigenvalue weighted by atomic mass is 14.9. The first-order valence-electron chi connectivity index (χ1n) is 16.4. The first-order chi connectivity index (χ1) is 23.8. The minimum absolute atomic E-state index is 0.728. The van der Waals surface area contributed by atoms with Crippen molar-refractivity contribution in [3.63, 3.8) is 0 Å². The second-order valence-electron chi connectivity index (χ2n) is 12.6. The molecule has 0 saturated carbocycles. The van der Waals surface area contributed by atoms with Gasteiger partial charge in [-0.05, 0) is 89.3 Å². The lowest BCUT2D eigenvalue weighted by atomic mass is 9.92. The quantitative estimate of drug-likeness (QED) is 0.187. The molecule has 0 spiro atoms. The zero-order chi connectivity index (χ0) is 31.6. The molecule has 2 nitrogen and oxygen atoms in total. The van der Waals surface area contributed by atoms with Crippen molar-refractivity contribution in [1.29, 1.82) is 0 Å². The van der Waals surface area contributed by atoms with E-state index in [2.05, 4.69) is 152 Å². The van der Waals surface area contributed by atoms with Gasteiger partial charge in [-0.15, -0.1) is 0 Å². The van der Waals surface area contributed by atoms with Crippen molar-refractivity contribution in [3.05, 3.63) is 170 Å². The van der Waals surface area contributed by atoms with Gasteiger partial charge in [-0.3, -0.25) is 0 Å². The highest BCUT2D eigenvalue weighted by Crippen LogP contribution is 2.38. The van der Waals surface area contributed by atoms with Gasteiger partial charge in [0.05, 0.1) is 11.2 Å². The van der Waals surface area contributed by atoms with Crippen LogP contribution < -0.4 is 0 Å². The average molecular weight is 609 g/mol. The molecule has 0 radical (unpaired) electrons. The van der Waals surface area contributed by atoms with Crippen LogP contribution in [0.3, 0.4) is 0 Å². The zero-order valence-corrected chi connectivity index (χ0v) is 26.1. The molecule has 9 aromatic carbocycles. The van der Waals surface area contributed by atoms with Gasteiger partial charge in [0.2, 0.25) is 0 Å². The molecule has 10 rings (SSSR count). The Morgan fingerprint density at radius 1 is 0.292 bits per heavy atom. The van der Waals surface area contributed by atoms with Gasteiger partial charge < -0.3 is 0 Å². The number of hydrogen-bond acceptors (Lipinski definition) is 2. The molecule has 1 aromatic heterocycles. The van der Waals surface area contributed by atoms with E-state index in [1.165, 1.54) is 59.4 Å². The van der Waals surface area contributed by atoms with Gasteiger partial charge in [0, 0.05) is 16.5 Å². The Bertz CT molecular complexity index is 2890. The van der Waals surface area contributed by atoms with Crippen LogP contribution in [0.1, 0.15) is 0 Å². The highest BCUT2D eigenvalue weighted by molar-refractivity contribution is 6.25. The van der Waals surface area contributed by atoms with Crippen LogP contribution in [0.15, 0.2) is 170 Å². The maximum Gasteiger partial charge on any atom is 0.160 e. The minimum Gasteiger partial charge on any atom is -0.228 e. The largest absolute Gasteiger partial charge is 0.228 e. The molecule has 2 heteroatoms. The van der Waals surface area contributed by atoms with Crippen LogP contribution in [0, 0.1) is 0 Å². The number of benzene rings is 9. The van der Waals surface area contributed by atoms with Crippen molar-refractivity contribution in [2.45, 2.75) is 0 Å². The standard InChI is InChI=1S/C46H28N2/c1-2-10-33(11-3-1)46-47-43-28-36(22-25-41(43)45(48-46)37-19-14-29-8-4-5-12-34(29)26-37)35-18-16-31-15-17-32-21-23-39-38-13-7-6-9-30(38)20-24-40(39)44(32)42(31)27-35/h1-28H. The van der Waals surface area contributed by atoms with E-state index in [4.69, 9.17) is 9.97 Å². The Morgan fingerprint density at radius 2 is 0.896 bits per heavy atom. The maximum absolute atomic E-state index is 5.17. The molecule has 0 amide bonds. The lowest BCUT2D eigenvalue weighted by Crippen LogP contribution is -1.96. The molecule has 0 bridgehead atoms. The molecule has 222 valence electrons. The third kappa shape index (κ3) is 4.27. The van der Waals surface area contributed by atoms with E-state index in [9.17, 15) is 0 Å². The van der Waals surface area contributed by atoms with Crippen molar-refractivity contribution in [3.8, 4) is 33.8 Å². The third-order valence-corrected chi connectivity index (χ3v) is 9.81. The summed E-state index contributed by atoms with van der Waals surface area (Å²) in [5.41, 5.74) is 6.26. The number of aromatic nitrogens is 2. The fourth-order valence-corrected chi connectivity index (χ4v) is 7.40. The molecule has 0 saturated heterocycles. The lowest BCUT2D eigenvalue weighted by molar-refractivity contribution is 1.23. The summed E-state index contributed by atoms with van der Waals surface area (Å²) in [4.78, 5) is 10.3. The second kappa shape index (κ2) is 10.6. The Labute approximate surface area is 277 Å². The maximum atomic E-state index is 5.17. The molecular weight excluding hydrogens is 581 g/mol. The smallest absolute Gasteiger partial charge is 0.160 e. The van der Waals surface area contributed by atoms with Gasteiger partial charge in [-0.25, -0.2) is 9.97 Å². The average Bonchev–Trinajstić information content (AvgIpc) is 3.16. The van der Waals surface area contributed by atoms with Crippen LogP contribution >= 0.6 is 0 Å². The van der Waals surface area contributed by atoms with E-state index in [-0.39, 0.29) is 0 Å². The van der Waals surface area contributed by atoms with E-state index in [0.29, 0.717) is 0 Å². The molecule has 10 aromatic rings. The Balaban J connectivity index is 1.19. The summed E-state index contributed by atoms with van der Waals surface area (Å²) in [5, 5.41) is 13.6. The normalized spacial score (nSPS) is 11.8. The summed E-state index contributed by atoms with van der Waals surface area (Å²) >= 11 is 0. The molecule has 0 atom stereocenters. The summed E-state index contributed by atoms with van der Waals surface area (Å²) in [7, 11) is 0. The number of nitrogens with zero attached hydrogens (tertiary/aromatic N) is 2. The summed E-state index contributed by atoms with van der Waals surface area (Å²) in [6.45, 7) is 0. The molecule has 0 unspecified atom stereocenters. The van der Waals surface area contributed by atoms with Crippen LogP contribution in [0.2, 0.25) is 0 Å². The van der Waals surface area contributed by atoms with Crippen molar-refractivity contribution < 1.29 is 0 Å². The zero-order valence-electron chi connectivity index (χ0n) is 26.1. The van der Waals surface area contributed by atoms with Gasteiger partial charge in [0.15, 0.2) is 5.82 Å². The van der Waals surface area contributed by atoms with Crippen LogP contribution in [-0.2, 0) is 0 Å². The van der Waals surface area contributed by atoms with E-state index in [1.807, 2.05) is 18.2 Å². The number of fused-ring (bicyclic) bond motifs is 9. The highest BCUT2D eigenvalue weighted by Gasteiger charge is 2.14. The first kappa shape index (κ1) is 26.8. The van der Waals surface area contributed by atoms with Crippen molar-refractivity contribution in [2.24, 2.45) is 0 Å². The number of rotatable bonds is 3. The molecule has 1 heterocycles. The molecule has 0 aliphatic carbocycles. The van der Waals surface area contributed by atoms with Crippen LogP contribution in [-0.4, -0.2) is 9.97 Å². The Morgan fingerprint density at radius 3 is 1.81 bits per heavy atom. The fraction of sp³-hybridized carbons (Fsp3) is 0. The Hall–Kier alpha value is -6.38.